The predicted octanol–water partition coefficient (Wildman–Crippen LogP) is 5.88. The van der Waals surface area contributed by atoms with Gasteiger partial charge in [0.1, 0.15) is 13.2 Å². The molecule has 4 aromatic rings. The van der Waals surface area contributed by atoms with Crippen molar-refractivity contribution in [3.63, 3.8) is 0 Å². The molecule has 2 aliphatic rings. The lowest BCUT2D eigenvalue weighted by atomic mass is 9.67. The first-order chi connectivity index (χ1) is 21.0. The fourth-order valence-electron chi connectivity index (χ4n) is 6.05. The van der Waals surface area contributed by atoms with Gasteiger partial charge < -0.3 is 19.1 Å². The summed E-state index contributed by atoms with van der Waals surface area (Å²) in [7, 11) is 0. The number of rotatable bonds is 9. The fourth-order valence-corrected chi connectivity index (χ4v) is 6.05. The topological polar surface area (TPSA) is 82.1 Å². The highest BCUT2D eigenvalue weighted by molar-refractivity contribution is 6.16. The van der Waals surface area contributed by atoms with E-state index in [1.807, 2.05) is 97.1 Å². The van der Waals surface area contributed by atoms with Crippen molar-refractivity contribution >= 4 is 23.5 Å². The second kappa shape index (κ2) is 11.7. The number of hydrogen-bond acceptors (Lipinski definition) is 6. The summed E-state index contributed by atoms with van der Waals surface area (Å²) < 4.78 is 18.2. The summed E-state index contributed by atoms with van der Waals surface area (Å²) in [6.45, 7) is 3.92. The van der Waals surface area contributed by atoms with Gasteiger partial charge in [-0.05, 0) is 22.8 Å². The van der Waals surface area contributed by atoms with Crippen molar-refractivity contribution in [2.75, 3.05) is 4.90 Å². The van der Waals surface area contributed by atoms with Crippen molar-refractivity contribution in [2.45, 2.75) is 37.9 Å². The van der Waals surface area contributed by atoms with Crippen molar-refractivity contribution in [3.8, 4) is 0 Å². The zero-order valence-corrected chi connectivity index (χ0v) is 23.6. The van der Waals surface area contributed by atoms with E-state index in [4.69, 9.17) is 14.2 Å². The summed E-state index contributed by atoms with van der Waals surface area (Å²) in [5.74, 6) is -2.30. The van der Waals surface area contributed by atoms with Crippen LogP contribution in [0.15, 0.2) is 128 Å². The van der Waals surface area contributed by atoms with Crippen LogP contribution in [0.1, 0.15) is 28.7 Å². The molecule has 0 bridgehead atoms. The Hall–Kier alpha value is -5.01. The number of carbonyl (C=O) groups is 3. The Morgan fingerprint density at radius 3 is 1.79 bits per heavy atom. The molecule has 2 heterocycles. The monoisotopic (exact) mass is 573 g/mol. The van der Waals surface area contributed by atoms with Gasteiger partial charge in [-0.25, -0.2) is 0 Å². The van der Waals surface area contributed by atoms with Gasteiger partial charge in [-0.3, -0.25) is 14.4 Å². The minimum Gasteiger partial charge on any atom is -0.460 e. The van der Waals surface area contributed by atoms with Crippen LogP contribution in [0.2, 0.25) is 0 Å². The molecule has 0 aromatic heterocycles. The molecule has 1 fully saturated rings. The van der Waals surface area contributed by atoms with E-state index < -0.39 is 35.0 Å². The van der Waals surface area contributed by atoms with Crippen LogP contribution in [0.25, 0.3) is 0 Å². The Morgan fingerprint density at radius 1 is 0.767 bits per heavy atom. The molecule has 6 rings (SSSR count). The lowest BCUT2D eigenvalue weighted by molar-refractivity contribution is -0.192. The van der Waals surface area contributed by atoms with Crippen LogP contribution in [0.3, 0.4) is 0 Å². The van der Waals surface area contributed by atoms with Crippen LogP contribution in [0, 0.1) is 5.41 Å². The maximum absolute atomic E-state index is 14.8. The molecule has 0 aliphatic carbocycles. The molecule has 2 aliphatic heterocycles. The highest BCUT2D eigenvalue weighted by Crippen LogP contribution is 2.61. The summed E-state index contributed by atoms with van der Waals surface area (Å²) in [5.41, 5.74) is -0.857. The number of nitrogens with zero attached hydrogens (tertiary/aromatic N) is 1. The van der Waals surface area contributed by atoms with Crippen LogP contribution in [-0.2, 0) is 54.0 Å². The van der Waals surface area contributed by atoms with Crippen LogP contribution < -0.4 is 4.90 Å². The second-order valence-corrected chi connectivity index (χ2v) is 10.7. The molecule has 0 N–H and O–H groups in total. The van der Waals surface area contributed by atoms with E-state index >= 15 is 0 Å². The van der Waals surface area contributed by atoms with Gasteiger partial charge in [0, 0.05) is 12.0 Å². The standard InChI is InChI=1S/C36H31NO6/c1-2-29-22-35(33(39)41-24-27-16-8-4-9-17-27,34(40)42-25-28-18-10-5-11-19-28)36(43-29)30-20-12-13-21-31(30)37(32(36)38)23-26-14-6-3-7-15-26/h2-21,29H,1,22-25H2. The van der Waals surface area contributed by atoms with E-state index in [9.17, 15) is 14.4 Å². The molecule has 216 valence electrons. The molecule has 2 atom stereocenters. The zero-order valence-electron chi connectivity index (χ0n) is 23.6. The van der Waals surface area contributed by atoms with Crippen LogP contribution in [-0.4, -0.2) is 23.9 Å². The fraction of sp³-hybridized carbons (Fsp3) is 0.194. The van der Waals surface area contributed by atoms with Gasteiger partial charge in [-0.1, -0.05) is 115 Å². The minimum atomic E-state index is -2.14. The Morgan fingerprint density at radius 2 is 1.26 bits per heavy atom. The van der Waals surface area contributed by atoms with Gasteiger partial charge in [0.05, 0.1) is 18.3 Å². The second-order valence-electron chi connectivity index (χ2n) is 10.7. The van der Waals surface area contributed by atoms with E-state index in [0.29, 0.717) is 11.3 Å². The maximum Gasteiger partial charge on any atom is 0.327 e. The normalized spacial score (nSPS) is 20.0. The molecule has 0 radical (unpaired) electrons. The largest absolute Gasteiger partial charge is 0.460 e. The van der Waals surface area contributed by atoms with E-state index in [1.165, 1.54) is 6.08 Å². The lowest BCUT2D eigenvalue weighted by Crippen LogP contribution is -2.59. The smallest absolute Gasteiger partial charge is 0.327 e. The SMILES string of the molecule is C=CC1CC(C(=O)OCc2ccccc2)(C(=O)OCc2ccccc2)C2(O1)C(=O)N(Cc1ccccc1)c1ccccc12. The number of para-hydroxylation sites is 1. The number of hydrogen-bond donors (Lipinski definition) is 0. The number of amides is 1. The molecule has 4 aromatic carbocycles. The molecule has 0 saturated carbocycles. The number of carbonyl (C=O) groups excluding carboxylic acids is 3. The van der Waals surface area contributed by atoms with Crippen LogP contribution >= 0.6 is 0 Å². The third-order valence-electron chi connectivity index (χ3n) is 8.13. The molecule has 43 heavy (non-hydrogen) atoms. The molecular formula is C36H31NO6. The number of fused-ring (bicyclic) bond motifs is 2. The van der Waals surface area contributed by atoms with Gasteiger partial charge in [0.15, 0.2) is 0 Å². The van der Waals surface area contributed by atoms with E-state index in [-0.39, 0.29) is 26.2 Å². The van der Waals surface area contributed by atoms with Crippen molar-refractivity contribution in [1.82, 2.24) is 0 Å². The van der Waals surface area contributed by atoms with Crippen LogP contribution in [0.4, 0.5) is 5.69 Å². The van der Waals surface area contributed by atoms with Gasteiger partial charge in [0.2, 0.25) is 11.0 Å². The van der Waals surface area contributed by atoms with Crippen molar-refractivity contribution in [3.05, 3.63) is 150 Å². The number of benzene rings is 4. The Labute approximate surface area is 250 Å². The van der Waals surface area contributed by atoms with Gasteiger partial charge in [-0.15, -0.1) is 6.58 Å². The zero-order chi connectivity index (χ0) is 29.9. The Kier molecular flexibility index (Phi) is 7.65. The molecule has 1 amide bonds. The Balaban J connectivity index is 1.47. The van der Waals surface area contributed by atoms with Crippen molar-refractivity contribution in [1.29, 1.82) is 0 Å². The van der Waals surface area contributed by atoms with E-state index in [2.05, 4.69) is 6.58 Å². The molecule has 1 saturated heterocycles. The molecule has 7 heteroatoms. The molecule has 2 unspecified atom stereocenters. The minimum absolute atomic E-state index is 0.0915. The molecular weight excluding hydrogens is 542 g/mol. The highest BCUT2D eigenvalue weighted by Gasteiger charge is 2.77. The maximum atomic E-state index is 14.8. The number of anilines is 1. The average Bonchev–Trinajstić information content (AvgIpc) is 3.54. The summed E-state index contributed by atoms with van der Waals surface area (Å²) >= 11 is 0. The number of esters is 2. The van der Waals surface area contributed by atoms with Gasteiger partial charge in [-0.2, -0.15) is 0 Å². The highest BCUT2D eigenvalue weighted by atomic mass is 16.6. The van der Waals surface area contributed by atoms with Crippen LogP contribution in [0.5, 0.6) is 0 Å². The van der Waals surface area contributed by atoms with E-state index in [0.717, 1.165) is 16.7 Å². The summed E-state index contributed by atoms with van der Waals surface area (Å²) in [6.07, 6.45) is 0.535. The predicted molar refractivity (Wildman–Crippen MR) is 160 cm³/mol. The average molecular weight is 574 g/mol. The third-order valence-corrected chi connectivity index (χ3v) is 8.13. The summed E-state index contributed by atoms with van der Waals surface area (Å²) in [4.78, 5) is 45.2. The Bertz CT molecular complexity index is 1580. The third kappa shape index (κ3) is 4.81. The molecule has 1 spiro atoms. The quantitative estimate of drug-likeness (QED) is 0.141. The first-order valence-electron chi connectivity index (χ1n) is 14.2. The lowest BCUT2D eigenvalue weighted by Gasteiger charge is -2.37. The molecule has 7 nitrogen and oxygen atoms in total. The first kappa shape index (κ1) is 28.1. The summed E-state index contributed by atoms with van der Waals surface area (Å²) in [6, 6.07) is 34.9. The summed E-state index contributed by atoms with van der Waals surface area (Å²) in [5, 5.41) is 0. The van der Waals surface area contributed by atoms with Gasteiger partial charge >= 0.3 is 11.9 Å². The van der Waals surface area contributed by atoms with Crippen molar-refractivity contribution < 1.29 is 28.6 Å². The van der Waals surface area contributed by atoms with Crippen molar-refractivity contribution in [2.24, 2.45) is 5.41 Å². The number of ether oxygens (including phenoxy) is 3. The van der Waals surface area contributed by atoms with E-state index in [1.54, 1.807) is 23.1 Å². The van der Waals surface area contributed by atoms with Gasteiger partial charge in [0.25, 0.3) is 5.91 Å². The first-order valence-corrected chi connectivity index (χ1v) is 14.2.